The van der Waals surface area contributed by atoms with Crippen LogP contribution in [0.5, 0.6) is 0 Å². The normalized spacial score (nSPS) is 15.8. The smallest absolute Gasteiger partial charge is 0.326 e. The molecular formula is C15H27N3O2. The van der Waals surface area contributed by atoms with Gasteiger partial charge in [-0.25, -0.2) is 0 Å². The van der Waals surface area contributed by atoms with E-state index in [1.807, 2.05) is 25.5 Å². The Morgan fingerprint density at radius 2 is 2.05 bits per heavy atom. The molecule has 1 aromatic heterocycles. The predicted molar refractivity (Wildman–Crippen MR) is 79.9 cm³/mol. The number of hydrogen-bond donors (Lipinski definition) is 1. The highest BCUT2D eigenvalue weighted by molar-refractivity contribution is 5.80. The fourth-order valence-electron chi connectivity index (χ4n) is 2.43. The molecule has 0 aliphatic heterocycles. The van der Waals surface area contributed by atoms with E-state index in [0.717, 1.165) is 11.4 Å². The molecule has 114 valence electrons. The summed E-state index contributed by atoms with van der Waals surface area (Å²) in [6, 6.07) is 0.115. The van der Waals surface area contributed by atoms with Gasteiger partial charge >= 0.3 is 5.97 Å². The molecule has 2 atom stereocenters. The minimum Gasteiger partial charge on any atom is -0.465 e. The van der Waals surface area contributed by atoms with Crippen LogP contribution in [0.25, 0.3) is 0 Å². The molecular weight excluding hydrogens is 254 g/mol. The minimum atomic E-state index is -0.699. The van der Waals surface area contributed by atoms with Gasteiger partial charge in [0, 0.05) is 5.69 Å². The van der Waals surface area contributed by atoms with Crippen molar-refractivity contribution in [2.75, 3.05) is 13.7 Å². The van der Waals surface area contributed by atoms with Crippen molar-refractivity contribution in [3.8, 4) is 0 Å². The van der Waals surface area contributed by atoms with Crippen LogP contribution in [-0.4, -0.2) is 34.9 Å². The van der Waals surface area contributed by atoms with Gasteiger partial charge < -0.3 is 10.1 Å². The molecule has 1 aromatic rings. The van der Waals surface area contributed by atoms with Crippen molar-refractivity contribution in [1.29, 1.82) is 0 Å². The number of rotatable bonds is 6. The topological polar surface area (TPSA) is 56.2 Å². The van der Waals surface area contributed by atoms with Crippen LogP contribution < -0.4 is 5.32 Å². The van der Waals surface area contributed by atoms with Crippen LogP contribution in [0.2, 0.25) is 0 Å². The van der Waals surface area contributed by atoms with E-state index in [2.05, 4.69) is 31.2 Å². The van der Waals surface area contributed by atoms with Crippen LogP contribution in [-0.2, 0) is 9.53 Å². The zero-order valence-electron chi connectivity index (χ0n) is 13.7. The Labute approximate surface area is 121 Å². The molecule has 5 nitrogen and oxygen atoms in total. The van der Waals surface area contributed by atoms with E-state index in [9.17, 15) is 4.79 Å². The maximum Gasteiger partial charge on any atom is 0.326 e. The molecule has 0 aliphatic carbocycles. The summed E-state index contributed by atoms with van der Waals surface area (Å²) >= 11 is 0. The lowest BCUT2D eigenvalue weighted by Gasteiger charge is -2.30. The lowest BCUT2D eigenvalue weighted by molar-refractivity contribution is -0.151. The van der Waals surface area contributed by atoms with Crippen LogP contribution in [0, 0.1) is 20.8 Å². The number of carbonyl (C=O) groups excluding carboxylic acids is 1. The fourth-order valence-corrected chi connectivity index (χ4v) is 2.43. The summed E-state index contributed by atoms with van der Waals surface area (Å²) in [6.45, 7) is 12.3. The monoisotopic (exact) mass is 281 g/mol. The van der Waals surface area contributed by atoms with Crippen molar-refractivity contribution in [3.63, 3.8) is 0 Å². The molecule has 0 aromatic carbocycles. The van der Waals surface area contributed by atoms with Crippen LogP contribution in [0.4, 0.5) is 0 Å². The lowest BCUT2D eigenvalue weighted by Crippen LogP contribution is -2.50. The first kappa shape index (κ1) is 16.7. The van der Waals surface area contributed by atoms with Crippen molar-refractivity contribution in [2.45, 2.75) is 59.5 Å². The van der Waals surface area contributed by atoms with Gasteiger partial charge in [0.2, 0.25) is 0 Å². The third kappa shape index (κ3) is 3.20. The molecule has 0 fully saturated rings. The number of nitrogens with zero attached hydrogens (tertiary/aromatic N) is 2. The van der Waals surface area contributed by atoms with Gasteiger partial charge in [0.15, 0.2) is 0 Å². The number of carbonyl (C=O) groups is 1. The van der Waals surface area contributed by atoms with Gasteiger partial charge in [-0.2, -0.15) is 5.10 Å². The zero-order valence-corrected chi connectivity index (χ0v) is 13.7. The second-order valence-electron chi connectivity index (χ2n) is 5.60. The zero-order chi connectivity index (χ0) is 15.5. The number of aryl methyl sites for hydroxylation is 1. The third-order valence-corrected chi connectivity index (χ3v) is 4.09. The van der Waals surface area contributed by atoms with E-state index in [0.29, 0.717) is 13.0 Å². The molecule has 0 amide bonds. The maximum absolute atomic E-state index is 12.1. The highest BCUT2D eigenvalue weighted by Gasteiger charge is 2.35. The van der Waals surface area contributed by atoms with E-state index in [1.54, 1.807) is 7.05 Å². The summed E-state index contributed by atoms with van der Waals surface area (Å²) in [5.41, 5.74) is 2.70. The summed E-state index contributed by atoms with van der Waals surface area (Å²) in [5, 5.41) is 7.66. The first-order valence-electron chi connectivity index (χ1n) is 7.15. The van der Waals surface area contributed by atoms with Crippen LogP contribution in [0.3, 0.4) is 0 Å². The average Bonchev–Trinajstić information content (AvgIpc) is 2.66. The van der Waals surface area contributed by atoms with Gasteiger partial charge in [0.25, 0.3) is 0 Å². The quantitative estimate of drug-likeness (QED) is 0.813. The van der Waals surface area contributed by atoms with Crippen LogP contribution in [0.15, 0.2) is 0 Å². The summed E-state index contributed by atoms with van der Waals surface area (Å²) < 4.78 is 7.16. The number of aromatic nitrogens is 2. The molecule has 0 spiro atoms. The molecule has 0 aliphatic rings. The second kappa shape index (κ2) is 6.39. The Balaban J connectivity index is 2.94. The van der Waals surface area contributed by atoms with Crippen molar-refractivity contribution in [1.82, 2.24) is 15.1 Å². The molecule has 0 saturated carbocycles. The average molecular weight is 281 g/mol. The van der Waals surface area contributed by atoms with E-state index in [4.69, 9.17) is 4.74 Å². The first-order valence-corrected chi connectivity index (χ1v) is 7.15. The highest BCUT2D eigenvalue weighted by Crippen LogP contribution is 2.24. The molecule has 1 heterocycles. The van der Waals surface area contributed by atoms with E-state index in [1.165, 1.54) is 5.56 Å². The largest absolute Gasteiger partial charge is 0.465 e. The molecule has 5 heteroatoms. The molecule has 0 saturated heterocycles. The summed E-state index contributed by atoms with van der Waals surface area (Å²) in [5.74, 6) is -0.215. The Bertz CT molecular complexity index is 482. The van der Waals surface area contributed by atoms with Crippen LogP contribution >= 0.6 is 0 Å². The van der Waals surface area contributed by atoms with Crippen molar-refractivity contribution < 1.29 is 9.53 Å². The third-order valence-electron chi connectivity index (χ3n) is 4.09. The fraction of sp³-hybridized carbons (Fsp3) is 0.733. The van der Waals surface area contributed by atoms with Gasteiger partial charge in [-0.15, -0.1) is 0 Å². The van der Waals surface area contributed by atoms with Gasteiger partial charge in [0.1, 0.15) is 5.54 Å². The number of hydrogen-bond acceptors (Lipinski definition) is 4. The maximum atomic E-state index is 12.1. The summed E-state index contributed by atoms with van der Waals surface area (Å²) in [7, 11) is 1.79. The summed E-state index contributed by atoms with van der Waals surface area (Å²) in [6.07, 6.45) is 0.629. The molecule has 1 N–H and O–H groups in total. The predicted octanol–water partition coefficient (Wildman–Crippen LogP) is 2.30. The standard InChI is InChI=1S/C15H27N3O2/c1-8-20-14(19)15(6,16-7)9-10(2)18-13(5)11(3)12(4)17-18/h10,16H,8-9H2,1-7H3. The van der Waals surface area contributed by atoms with E-state index in [-0.39, 0.29) is 12.0 Å². The molecule has 0 bridgehead atoms. The molecule has 1 rings (SSSR count). The second-order valence-corrected chi connectivity index (χ2v) is 5.60. The van der Waals surface area contributed by atoms with Crippen molar-refractivity contribution >= 4 is 5.97 Å². The number of nitrogens with one attached hydrogen (secondary N) is 1. The number of likely N-dealkylation sites (N-methyl/N-ethyl adjacent to an activating group) is 1. The van der Waals surface area contributed by atoms with Gasteiger partial charge in [0.05, 0.1) is 18.3 Å². The van der Waals surface area contributed by atoms with Gasteiger partial charge in [-0.3, -0.25) is 9.48 Å². The number of ether oxygens (including phenoxy) is 1. The Kier molecular flexibility index (Phi) is 5.34. The van der Waals surface area contributed by atoms with Crippen LogP contribution in [0.1, 0.15) is 50.2 Å². The first-order chi connectivity index (χ1) is 9.26. The van der Waals surface area contributed by atoms with E-state index < -0.39 is 5.54 Å². The highest BCUT2D eigenvalue weighted by atomic mass is 16.5. The molecule has 0 radical (unpaired) electrons. The minimum absolute atomic E-state index is 0.115. The SMILES string of the molecule is CCOC(=O)C(C)(CC(C)n1nc(C)c(C)c1C)NC. The Morgan fingerprint density at radius 1 is 1.45 bits per heavy atom. The Hall–Kier alpha value is -1.36. The molecule has 20 heavy (non-hydrogen) atoms. The Morgan fingerprint density at radius 3 is 2.45 bits per heavy atom. The van der Waals surface area contributed by atoms with Crippen molar-refractivity contribution in [2.24, 2.45) is 0 Å². The summed E-state index contributed by atoms with van der Waals surface area (Å²) in [4.78, 5) is 12.1. The van der Waals surface area contributed by atoms with Gasteiger partial charge in [-0.05, 0) is 60.6 Å². The lowest BCUT2D eigenvalue weighted by atomic mass is 9.93. The molecule has 2 unspecified atom stereocenters. The van der Waals surface area contributed by atoms with E-state index >= 15 is 0 Å². The van der Waals surface area contributed by atoms with Gasteiger partial charge in [-0.1, -0.05) is 0 Å². The van der Waals surface area contributed by atoms with Crippen molar-refractivity contribution in [3.05, 3.63) is 17.0 Å². The number of esters is 1.